The van der Waals surface area contributed by atoms with Crippen LogP contribution in [-0.2, 0) is 11.3 Å². The maximum atomic E-state index is 10.9. The molecule has 1 aromatic rings. The van der Waals surface area contributed by atoms with Crippen LogP contribution in [0.5, 0.6) is 5.75 Å². The Morgan fingerprint density at radius 1 is 1.50 bits per heavy atom. The lowest BCUT2D eigenvalue weighted by Gasteiger charge is -2.20. The quantitative estimate of drug-likeness (QED) is 0.825. The van der Waals surface area contributed by atoms with E-state index in [9.17, 15) is 4.79 Å². The van der Waals surface area contributed by atoms with E-state index in [4.69, 9.17) is 10.5 Å². The number of nitrogens with zero attached hydrogens (tertiary/aromatic N) is 1. The molecule has 5 nitrogen and oxygen atoms in total. The van der Waals surface area contributed by atoms with Crippen LogP contribution in [-0.4, -0.2) is 22.5 Å². The van der Waals surface area contributed by atoms with Crippen molar-refractivity contribution in [3.8, 4) is 5.75 Å². The van der Waals surface area contributed by atoms with E-state index in [-0.39, 0.29) is 5.54 Å². The summed E-state index contributed by atoms with van der Waals surface area (Å²) in [6, 6.07) is 3.65. The summed E-state index contributed by atoms with van der Waals surface area (Å²) in [4.78, 5) is 15.1. The molecule has 0 fully saturated rings. The molecule has 1 atom stereocenters. The summed E-state index contributed by atoms with van der Waals surface area (Å²) in [5, 5.41) is 3.34. The Kier molecular flexibility index (Phi) is 4.67. The summed E-state index contributed by atoms with van der Waals surface area (Å²) in [5.74, 6) is 0.0503. The fraction of sp³-hybridized carbons (Fsp3) is 0.538. The van der Waals surface area contributed by atoms with Crippen LogP contribution in [0.2, 0.25) is 0 Å². The molecule has 1 rings (SSSR count). The van der Waals surface area contributed by atoms with Crippen LogP contribution >= 0.6 is 0 Å². The first-order valence-corrected chi connectivity index (χ1v) is 5.94. The van der Waals surface area contributed by atoms with E-state index in [1.54, 1.807) is 19.2 Å². The lowest BCUT2D eigenvalue weighted by atomic mass is 10.1. The second kappa shape index (κ2) is 5.82. The predicted octanol–water partition coefficient (Wildman–Crippen LogP) is 1.22. The van der Waals surface area contributed by atoms with Gasteiger partial charge in [-0.2, -0.15) is 0 Å². The molecule has 0 spiro atoms. The predicted molar refractivity (Wildman–Crippen MR) is 70.1 cm³/mol. The molecule has 18 heavy (non-hydrogen) atoms. The number of pyridine rings is 1. The zero-order chi connectivity index (χ0) is 13.8. The molecule has 0 saturated carbocycles. The van der Waals surface area contributed by atoms with Crippen molar-refractivity contribution in [2.75, 3.05) is 0 Å². The SMILES string of the molecule is CC(Oc1ccc(CNC(C)(C)C)nc1)C(N)=O. The second-order valence-corrected chi connectivity index (χ2v) is 5.25. The van der Waals surface area contributed by atoms with Crippen molar-refractivity contribution < 1.29 is 9.53 Å². The fourth-order valence-electron chi connectivity index (χ4n) is 1.20. The Balaban J connectivity index is 2.55. The van der Waals surface area contributed by atoms with Gasteiger partial charge in [-0.15, -0.1) is 0 Å². The smallest absolute Gasteiger partial charge is 0.258 e. The van der Waals surface area contributed by atoms with Crippen LogP contribution < -0.4 is 15.8 Å². The highest BCUT2D eigenvalue weighted by Crippen LogP contribution is 2.11. The molecule has 1 amide bonds. The van der Waals surface area contributed by atoms with Crippen LogP contribution in [0.15, 0.2) is 18.3 Å². The zero-order valence-corrected chi connectivity index (χ0v) is 11.4. The van der Waals surface area contributed by atoms with E-state index in [1.807, 2.05) is 6.07 Å². The third kappa shape index (κ3) is 5.14. The van der Waals surface area contributed by atoms with Crippen molar-refractivity contribution in [1.82, 2.24) is 10.3 Å². The third-order valence-corrected chi connectivity index (χ3v) is 2.31. The molecule has 0 aliphatic heterocycles. The molecule has 0 radical (unpaired) electrons. The van der Waals surface area contributed by atoms with Crippen molar-refractivity contribution in [1.29, 1.82) is 0 Å². The highest BCUT2D eigenvalue weighted by Gasteiger charge is 2.11. The minimum Gasteiger partial charge on any atom is -0.479 e. The lowest BCUT2D eigenvalue weighted by Crippen LogP contribution is -2.35. The standard InChI is InChI=1S/C13H21N3O2/c1-9(12(14)17)18-11-6-5-10(15-8-11)7-16-13(2,3)4/h5-6,8-9,16H,7H2,1-4H3,(H2,14,17). The Morgan fingerprint density at radius 3 is 2.61 bits per heavy atom. The number of carbonyl (C=O) groups is 1. The van der Waals surface area contributed by atoms with Gasteiger partial charge in [0.2, 0.25) is 0 Å². The van der Waals surface area contributed by atoms with Crippen LogP contribution in [0, 0.1) is 0 Å². The fourth-order valence-corrected chi connectivity index (χ4v) is 1.20. The summed E-state index contributed by atoms with van der Waals surface area (Å²) >= 11 is 0. The summed E-state index contributed by atoms with van der Waals surface area (Å²) in [6.07, 6.45) is 0.949. The first-order valence-electron chi connectivity index (χ1n) is 5.94. The van der Waals surface area contributed by atoms with Gasteiger partial charge in [0.15, 0.2) is 6.10 Å². The van der Waals surface area contributed by atoms with E-state index in [2.05, 4.69) is 31.1 Å². The Morgan fingerprint density at radius 2 is 2.17 bits per heavy atom. The van der Waals surface area contributed by atoms with Crippen molar-refractivity contribution in [2.24, 2.45) is 5.73 Å². The van der Waals surface area contributed by atoms with Crippen LogP contribution in [0.25, 0.3) is 0 Å². The van der Waals surface area contributed by atoms with Gasteiger partial charge in [-0.3, -0.25) is 9.78 Å². The van der Waals surface area contributed by atoms with Gasteiger partial charge in [-0.1, -0.05) is 0 Å². The molecule has 1 unspecified atom stereocenters. The number of hydrogen-bond donors (Lipinski definition) is 2. The molecule has 3 N–H and O–H groups in total. The summed E-state index contributed by atoms with van der Waals surface area (Å²) < 4.78 is 5.32. The molecule has 100 valence electrons. The van der Waals surface area contributed by atoms with E-state index in [1.165, 1.54) is 0 Å². The number of carbonyl (C=O) groups excluding carboxylic acids is 1. The topological polar surface area (TPSA) is 77.2 Å². The highest BCUT2D eigenvalue weighted by molar-refractivity contribution is 5.78. The summed E-state index contributed by atoms with van der Waals surface area (Å²) in [5.41, 5.74) is 6.09. The minimum absolute atomic E-state index is 0.0529. The largest absolute Gasteiger partial charge is 0.479 e. The van der Waals surface area contributed by atoms with Gasteiger partial charge in [0, 0.05) is 12.1 Å². The van der Waals surface area contributed by atoms with Gasteiger partial charge < -0.3 is 15.8 Å². The van der Waals surface area contributed by atoms with Gasteiger partial charge in [0.25, 0.3) is 5.91 Å². The average Bonchev–Trinajstić information content (AvgIpc) is 2.27. The normalized spacial score (nSPS) is 13.1. The molecule has 0 aliphatic rings. The van der Waals surface area contributed by atoms with E-state index in [0.717, 1.165) is 5.69 Å². The number of amides is 1. The van der Waals surface area contributed by atoms with Gasteiger partial charge in [0.05, 0.1) is 11.9 Å². The Labute approximate surface area is 108 Å². The minimum atomic E-state index is -0.648. The molecule has 5 heteroatoms. The number of aromatic nitrogens is 1. The zero-order valence-electron chi connectivity index (χ0n) is 11.4. The van der Waals surface area contributed by atoms with Crippen molar-refractivity contribution in [2.45, 2.75) is 45.9 Å². The summed E-state index contributed by atoms with van der Waals surface area (Å²) in [6.45, 7) is 8.59. The molecule has 1 heterocycles. The monoisotopic (exact) mass is 251 g/mol. The highest BCUT2D eigenvalue weighted by atomic mass is 16.5. The number of primary amides is 1. The van der Waals surface area contributed by atoms with E-state index in [0.29, 0.717) is 12.3 Å². The number of nitrogens with one attached hydrogen (secondary N) is 1. The van der Waals surface area contributed by atoms with Gasteiger partial charge >= 0.3 is 0 Å². The molecule has 0 saturated heterocycles. The molecule has 0 bridgehead atoms. The first kappa shape index (κ1) is 14.4. The average molecular weight is 251 g/mol. The third-order valence-electron chi connectivity index (χ3n) is 2.31. The maximum absolute atomic E-state index is 10.9. The number of nitrogens with two attached hydrogens (primary N) is 1. The van der Waals surface area contributed by atoms with Crippen LogP contribution in [0.4, 0.5) is 0 Å². The Bertz CT molecular complexity index is 396. The first-order chi connectivity index (χ1) is 8.28. The number of rotatable bonds is 5. The molecular weight excluding hydrogens is 230 g/mol. The number of hydrogen-bond acceptors (Lipinski definition) is 4. The van der Waals surface area contributed by atoms with Gasteiger partial charge in [-0.25, -0.2) is 0 Å². The summed E-state index contributed by atoms with van der Waals surface area (Å²) in [7, 11) is 0. The molecule has 0 aromatic carbocycles. The van der Waals surface area contributed by atoms with Crippen molar-refractivity contribution >= 4 is 5.91 Å². The molecule has 0 aliphatic carbocycles. The molecular formula is C13H21N3O2. The second-order valence-electron chi connectivity index (χ2n) is 5.25. The van der Waals surface area contributed by atoms with Crippen LogP contribution in [0.3, 0.4) is 0 Å². The van der Waals surface area contributed by atoms with E-state index >= 15 is 0 Å². The Hall–Kier alpha value is -1.62. The lowest BCUT2D eigenvalue weighted by molar-refractivity contribution is -0.123. The van der Waals surface area contributed by atoms with Crippen molar-refractivity contribution in [3.05, 3.63) is 24.0 Å². The maximum Gasteiger partial charge on any atom is 0.258 e. The van der Waals surface area contributed by atoms with Crippen molar-refractivity contribution in [3.63, 3.8) is 0 Å². The van der Waals surface area contributed by atoms with Crippen LogP contribution in [0.1, 0.15) is 33.4 Å². The van der Waals surface area contributed by atoms with E-state index < -0.39 is 12.0 Å². The molecule has 1 aromatic heterocycles. The van der Waals surface area contributed by atoms with Gasteiger partial charge in [0.1, 0.15) is 5.75 Å². The number of ether oxygens (including phenoxy) is 1. The van der Waals surface area contributed by atoms with Gasteiger partial charge in [-0.05, 0) is 39.8 Å².